The summed E-state index contributed by atoms with van der Waals surface area (Å²) in [5.74, 6) is 0.0576. The molecule has 4 nitrogen and oxygen atoms in total. The number of hydrogen-bond acceptors (Lipinski definition) is 3. The molecule has 1 aliphatic heterocycles. The van der Waals surface area contributed by atoms with E-state index in [1.54, 1.807) is 12.4 Å². The van der Waals surface area contributed by atoms with Gasteiger partial charge in [-0.3, -0.25) is 14.7 Å². The number of carbonyl (C=O) groups is 1. The number of amides is 1. The molecule has 21 heavy (non-hydrogen) atoms. The molecule has 2 aromatic rings. The van der Waals surface area contributed by atoms with Crippen molar-refractivity contribution in [1.29, 1.82) is 0 Å². The smallest absolute Gasteiger partial charge is 0.242 e. The van der Waals surface area contributed by atoms with Crippen molar-refractivity contribution in [2.24, 2.45) is 0 Å². The third-order valence-electron chi connectivity index (χ3n) is 3.65. The van der Waals surface area contributed by atoms with Crippen LogP contribution in [0.15, 0.2) is 53.3 Å². The van der Waals surface area contributed by atoms with Gasteiger partial charge in [-0.25, -0.2) is 0 Å². The molecule has 0 saturated carbocycles. The Morgan fingerprint density at radius 3 is 2.76 bits per heavy atom. The van der Waals surface area contributed by atoms with Gasteiger partial charge in [0.15, 0.2) is 0 Å². The fraction of sp³-hybridized carbons (Fsp3) is 0.250. The van der Waals surface area contributed by atoms with Crippen LogP contribution in [0.1, 0.15) is 17.2 Å². The lowest BCUT2D eigenvalue weighted by molar-refractivity contribution is -0.129. The topological polar surface area (TPSA) is 45.2 Å². The summed E-state index contributed by atoms with van der Waals surface area (Å²) in [7, 11) is 0. The summed E-state index contributed by atoms with van der Waals surface area (Å²) in [5.41, 5.74) is 2.17. The zero-order valence-electron chi connectivity index (χ0n) is 11.5. The van der Waals surface area contributed by atoms with Crippen molar-refractivity contribution in [2.75, 3.05) is 13.1 Å². The van der Waals surface area contributed by atoms with Gasteiger partial charge in [-0.05, 0) is 29.3 Å². The number of carbonyl (C=O) groups excluding carboxylic acids is 1. The van der Waals surface area contributed by atoms with E-state index >= 15 is 0 Å². The Morgan fingerprint density at radius 2 is 2.00 bits per heavy atom. The quantitative estimate of drug-likeness (QED) is 0.929. The predicted octanol–water partition coefficient (Wildman–Crippen LogP) is 2.52. The lowest BCUT2D eigenvalue weighted by Crippen LogP contribution is -2.49. The fourth-order valence-corrected chi connectivity index (χ4v) is 3.14. The van der Waals surface area contributed by atoms with Gasteiger partial charge in [0.1, 0.15) is 6.04 Å². The van der Waals surface area contributed by atoms with Crippen LogP contribution in [0, 0.1) is 0 Å². The van der Waals surface area contributed by atoms with E-state index in [1.165, 1.54) is 0 Å². The number of halogens is 1. The van der Waals surface area contributed by atoms with Crippen LogP contribution in [0.5, 0.6) is 0 Å². The SMILES string of the molecule is O=C1NCCN(Cc2ccncc2)[C@@H]1c1ccccc1Br. The van der Waals surface area contributed by atoms with Crippen molar-refractivity contribution in [2.45, 2.75) is 12.6 Å². The molecule has 108 valence electrons. The molecule has 1 N–H and O–H groups in total. The number of pyridine rings is 1. The molecule has 0 spiro atoms. The normalized spacial score (nSPS) is 19.3. The van der Waals surface area contributed by atoms with Crippen molar-refractivity contribution in [1.82, 2.24) is 15.2 Å². The molecule has 1 fully saturated rings. The highest BCUT2D eigenvalue weighted by atomic mass is 79.9. The maximum Gasteiger partial charge on any atom is 0.242 e. The molecule has 1 aliphatic rings. The summed E-state index contributed by atoms with van der Waals surface area (Å²) >= 11 is 3.56. The lowest BCUT2D eigenvalue weighted by Gasteiger charge is -2.35. The Balaban J connectivity index is 1.90. The van der Waals surface area contributed by atoms with Crippen molar-refractivity contribution in [3.63, 3.8) is 0 Å². The fourth-order valence-electron chi connectivity index (χ4n) is 2.64. The van der Waals surface area contributed by atoms with E-state index in [9.17, 15) is 4.79 Å². The molecule has 1 amide bonds. The zero-order chi connectivity index (χ0) is 14.7. The van der Waals surface area contributed by atoms with Gasteiger partial charge in [-0.1, -0.05) is 34.1 Å². The van der Waals surface area contributed by atoms with E-state index in [1.807, 2.05) is 36.4 Å². The summed E-state index contributed by atoms with van der Waals surface area (Å²) in [6, 6.07) is 11.6. The molecule has 0 unspecified atom stereocenters. The molecule has 3 rings (SSSR count). The number of rotatable bonds is 3. The van der Waals surface area contributed by atoms with E-state index in [2.05, 4.69) is 31.1 Å². The number of piperazine rings is 1. The van der Waals surface area contributed by atoms with Gasteiger partial charge in [-0.15, -0.1) is 0 Å². The molecule has 2 heterocycles. The van der Waals surface area contributed by atoms with Crippen LogP contribution in [0.4, 0.5) is 0 Å². The van der Waals surface area contributed by atoms with Gasteiger partial charge in [-0.2, -0.15) is 0 Å². The minimum absolute atomic E-state index is 0.0576. The average molecular weight is 346 g/mol. The Bertz CT molecular complexity index is 632. The number of nitrogens with zero attached hydrogens (tertiary/aromatic N) is 2. The molecule has 0 aliphatic carbocycles. The molecule has 1 atom stereocenters. The first kappa shape index (κ1) is 14.2. The number of benzene rings is 1. The molecule has 0 radical (unpaired) electrons. The predicted molar refractivity (Wildman–Crippen MR) is 84.5 cm³/mol. The lowest BCUT2D eigenvalue weighted by atomic mass is 10.0. The van der Waals surface area contributed by atoms with E-state index in [4.69, 9.17) is 0 Å². The average Bonchev–Trinajstić information content (AvgIpc) is 2.50. The molecule has 1 saturated heterocycles. The molecule has 0 bridgehead atoms. The number of hydrogen-bond donors (Lipinski definition) is 1. The Morgan fingerprint density at radius 1 is 1.24 bits per heavy atom. The van der Waals surface area contributed by atoms with E-state index < -0.39 is 0 Å². The second-order valence-electron chi connectivity index (χ2n) is 5.04. The van der Waals surface area contributed by atoms with Gasteiger partial charge in [0.05, 0.1) is 0 Å². The first-order valence-electron chi connectivity index (χ1n) is 6.91. The van der Waals surface area contributed by atoms with Crippen LogP contribution < -0.4 is 5.32 Å². The van der Waals surface area contributed by atoms with Crippen molar-refractivity contribution < 1.29 is 4.79 Å². The van der Waals surface area contributed by atoms with E-state index in [0.29, 0.717) is 6.54 Å². The van der Waals surface area contributed by atoms with Crippen LogP contribution in [-0.2, 0) is 11.3 Å². The maximum absolute atomic E-state index is 12.4. The summed E-state index contributed by atoms with van der Waals surface area (Å²) in [6.45, 7) is 2.26. The molecular formula is C16H16BrN3O. The highest BCUT2D eigenvalue weighted by molar-refractivity contribution is 9.10. The van der Waals surface area contributed by atoms with Crippen molar-refractivity contribution in [3.05, 3.63) is 64.4 Å². The summed E-state index contributed by atoms with van der Waals surface area (Å²) in [5, 5.41) is 2.96. The molecule has 1 aromatic heterocycles. The van der Waals surface area contributed by atoms with Gasteiger partial charge in [0.25, 0.3) is 0 Å². The summed E-state index contributed by atoms with van der Waals surface area (Å²) < 4.78 is 0.965. The Kier molecular flexibility index (Phi) is 4.31. The van der Waals surface area contributed by atoms with E-state index in [-0.39, 0.29) is 11.9 Å². The highest BCUT2D eigenvalue weighted by Gasteiger charge is 2.32. The minimum Gasteiger partial charge on any atom is -0.353 e. The van der Waals surface area contributed by atoms with Gasteiger partial charge in [0, 0.05) is 36.5 Å². The van der Waals surface area contributed by atoms with Crippen LogP contribution in [0.3, 0.4) is 0 Å². The van der Waals surface area contributed by atoms with Crippen molar-refractivity contribution >= 4 is 21.8 Å². The van der Waals surface area contributed by atoms with Crippen LogP contribution in [0.25, 0.3) is 0 Å². The minimum atomic E-state index is -0.262. The van der Waals surface area contributed by atoms with Crippen LogP contribution in [-0.4, -0.2) is 28.9 Å². The standard InChI is InChI=1S/C16H16BrN3O/c17-14-4-2-1-3-13(14)15-16(21)19-9-10-20(15)11-12-5-7-18-8-6-12/h1-8,15H,9-11H2,(H,19,21)/t15-/m1/s1. The Labute approximate surface area is 132 Å². The summed E-state index contributed by atoms with van der Waals surface area (Å²) in [4.78, 5) is 18.6. The number of aromatic nitrogens is 1. The van der Waals surface area contributed by atoms with E-state index in [0.717, 1.165) is 28.7 Å². The first-order chi connectivity index (χ1) is 10.3. The molecular weight excluding hydrogens is 330 g/mol. The summed E-state index contributed by atoms with van der Waals surface area (Å²) in [6.07, 6.45) is 3.57. The zero-order valence-corrected chi connectivity index (χ0v) is 13.1. The largest absolute Gasteiger partial charge is 0.353 e. The Hall–Kier alpha value is -1.72. The highest BCUT2D eigenvalue weighted by Crippen LogP contribution is 2.30. The number of nitrogens with one attached hydrogen (secondary N) is 1. The van der Waals surface area contributed by atoms with Gasteiger partial charge >= 0.3 is 0 Å². The van der Waals surface area contributed by atoms with Crippen LogP contribution >= 0.6 is 15.9 Å². The van der Waals surface area contributed by atoms with Crippen LogP contribution in [0.2, 0.25) is 0 Å². The molecule has 5 heteroatoms. The maximum atomic E-state index is 12.4. The van der Waals surface area contributed by atoms with Gasteiger partial charge < -0.3 is 5.32 Å². The van der Waals surface area contributed by atoms with Gasteiger partial charge in [0.2, 0.25) is 5.91 Å². The first-order valence-corrected chi connectivity index (χ1v) is 7.70. The van der Waals surface area contributed by atoms with Crippen molar-refractivity contribution in [3.8, 4) is 0 Å². The monoisotopic (exact) mass is 345 g/mol. The second-order valence-corrected chi connectivity index (χ2v) is 5.90. The third kappa shape index (κ3) is 3.14. The molecule has 1 aromatic carbocycles. The third-order valence-corrected chi connectivity index (χ3v) is 4.37. The second kappa shape index (κ2) is 6.37.